The summed E-state index contributed by atoms with van der Waals surface area (Å²) in [5.41, 5.74) is -0.889. The van der Waals surface area contributed by atoms with E-state index in [-0.39, 0.29) is 69.5 Å². The molecule has 12 unspecified atom stereocenters. The van der Waals surface area contributed by atoms with Gasteiger partial charge in [-0.2, -0.15) is 0 Å². The maximum Gasteiger partial charge on any atom is 0.302 e. The third-order valence-corrected chi connectivity index (χ3v) is 13.0. The van der Waals surface area contributed by atoms with Crippen molar-refractivity contribution in [1.29, 1.82) is 0 Å². The molecule has 1 saturated heterocycles. The largest absolute Gasteiger partial charge is 0.462 e. The highest BCUT2D eigenvalue weighted by molar-refractivity contribution is 5.67. The first kappa shape index (κ1) is 31.9. The van der Waals surface area contributed by atoms with E-state index in [1.54, 1.807) is 13.8 Å². The van der Waals surface area contributed by atoms with Crippen molar-refractivity contribution >= 4 is 11.9 Å². The molecule has 0 bridgehead atoms. The number of carbonyl (C=O) groups excluding carboxylic acids is 2. The van der Waals surface area contributed by atoms with Crippen LogP contribution in [0.2, 0.25) is 0 Å². The molecule has 1 aliphatic heterocycles. The Kier molecular flexibility index (Phi) is 7.82. The number of aliphatic hydroxyl groups excluding tert-OH is 2. The Morgan fingerprint density at radius 1 is 0.976 bits per heavy atom. The summed E-state index contributed by atoms with van der Waals surface area (Å²) in [5.74, 6) is -0.110. The first-order chi connectivity index (χ1) is 19.3. The third kappa shape index (κ3) is 4.69. The Morgan fingerprint density at radius 2 is 1.60 bits per heavy atom. The molecule has 5 rings (SSSR count). The molecule has 8 heteroatoms. The molecule has 1 heterocycles. The van der Waals surface area contributed by atoms with Crippen molar-refractivity contribution < 1.29 is 39.1 Å². The molecular formula is C34H54O8. The Morgan fingerprint density at radius 3 is 2.19 bits per heavy atom. The van der Waals surface area contributed by atoms with E-state index in [0.29, 0.717) is 12.8 Å². The van der Waals surface area contributed by atoms with Crippen LogP contribution in [0.4, 0.5) is 0 Å². The molecule has 0 radical (unpaired) electrons. The number of hydrogen-bond donors (Lipinski definition) is 3. The normalized spacial score (nSPS) is 47.0. The lowest BCUT2D eigenvalue weighted by Gasteiger charge is -2.69. The third-order valence-electron chi connectivity index (χ3n) is 13.0. The van der Waals surface area contributed by atoms with Gasteiger partial charge in [0.15, 0.2) is 6.29 Å². The van der Waals surface area contributed by atoms with Gasteiger partial charge in [-0.3, -0.25) is 9.59 Å². The number of hydrogen-bond acceptors (Lipinski definition) is 8. The van der Waals surface area contributed by atoms with Gasteiger partial charge < -0.3 is 29.5 Å². The molecule has 42 heavy (non-hydrogen) atoms. The van der Waals surface area contributed by atoms with Crippen molar-refractivity contribution in [2.75, 3.05) is 0 Å². The van der Waals surface area contributed by atoms with Gasteiger partial charge in [0.2, 0.25) is 0 Å². The van der Waals surface area contributed by atoms with E-state index in [1.165, 1.54) is 19.4 Å². The monoisotopic (exact) mass is 590 g/mol. The quantitative estimate of drug-likeness (QED) is 0.305. The number of carbonyl (C=O) groups is 2. The summed E-state index contributed by atoms with van der Waals surface area (Å²) in [6.07, 6.45) is 4.80. The minimum atomic E-state index is -1.33. The van der Waals surface area contributed by atoms with E-state index in [0.717, 1.165) is 32.1 Å². The highest BCUT2D eigenvalue weighted by Gasteiger charge is 2.70. The standard InChI is InChI=1S/C34H54O8/c1-18(35)40-26-13-15-33(8)24-12-14-32(7)21(20-16-22(42-29(20)38)28(37)31(5,6)39)10-11-23(32)34(24,9)27(41-19(2)36)17-25(33)30(26,3)4/h11,20-22,24-29,37-39H,10,12-17H2,1-9H3. The fourth-order valence-corrected chi connectivity index (χ4v) is 11.1. The highest BCUT2D eigenvalue weighted by Crippen LogP contribution is 2.74. The molecule has 5 aliphatic rings. The van der Waals surface area contributed by atoms with E-state index in [9.17, 15) is 24.9 Å². The lowest BCUT2D eigenvalue weighted by molar-refractivity contribution is -0.227. The van der Waals surface area contributed by atoms with Crippen LogP contribution in [0.25, 0.3) is 0 Å². The minimum Gasteiger partial charge on any atom is -0.462 e. The molecule has 4 aliphatic carbocycles. The zero-order chi connectivity index (χ0) is 31.2. The summed E-state index contributed by atoms with van der Waals surface area (Å²) >= 11 is 0. The zero-order valence-electron chi connectivity index (χ0n) is 27.1. The van der Waals surface area contributed by atoms with Gasteiger partial charge in [-0.15, -0.1) is 0 Å². The van der Waals surface area contributed by atoms with Gasteiger partial charge in [0.05, 0.1) is 11.7 Å². The van der Waals surface area contributed by atoms with Crippen LogP contribution in [0.15, 0.2) is 11.6 Å². The molecule has 0 aromatic heterocycles. The van der Waals surface area contributed by atoms with E-state index in [1.807, 2.05) is 0 Å². The van der Waals surface area contributed by atoms with Gasteiger partial charge >= 0.3 is 11.9 Å². The van der Waals surface area contributed by atoms with E-state index < -0.39 is 24.1 Å². The van der Waals surface area contributed by atoms with Crippen molar-refractivity contribution in [2.24, 2.45) is 45.3 Å². The van der Waals surface area contributed by atoms with Gasteiger partial charge in [-0.1, -0.05) is 46.3 Å². The second-order valence-corrected chi connectivity index (χ2v) is 16.2. The minimum absolute atomic E-state index is 0.0241. The summed E-state index contributed by atoms with van der Waals surface area (Å²) in [4.78, 5) is 24.6. The van der Waals surface area contributed by atoms with E-state index in [2.05, 4.69) is 40.7 Å². The van der Waals surface area contributed by atoms with Crippen molar-refractivity contribution in [3.63, 3.8) is 0 Å². The van der Waals surface area contributed by atoms with Crippen molar-refractivity contribution in [2.45, 2.75) is 144 Å². The number of rotatable bonds is 5. The maximum atomic E-state index is 12.6. The van der Waals surface area contributed by atoms with Crippen molar-refractivity contribution in [3.05, 3.63) is 11.6 Å². The summed E-state index contributed by atoms with van der Waals surface area (Å²) < 4.78 is 18.0. The molecule has 0 aromatic rings. The molecule has 0 amide bonds. The number of aliphatic hydroxyl groups is 3. The molecule has 3 N–H and O–H groups in total. The van der Waals surface area contributed by atoms with Gasteiger partial charge in [-0.25, -0.2) is 0 Å². The predicted molar refractivity (Wildman–Crippen MR) is 157 cm³/mol. The number of ether oxygens (including phenoxy) is 3. The Hall–Kier alpha value is -1.48. The molecule has 238 valence electrons. The molecule has 0 aromatic carbocycles. The average Bonchev–Trinajstić information content (AvgIpc) is 3.40. The first-order valence-corrected chi connectivity index (χ1v) is 16.1. The Labute approximate surface area is 251 Å². The van der Waals surface area contributed by atoms with E-state index in [4.69, 9.17) is 14.2 Å². The lowest BCUT2D eigenvalue weighted by atomic mass is 9.37. The van der Waals surface area contributed by atoms with Gasteiger partial charge in [0, 0.05) is 30.6 Å². The topological polar surface area (TPSA) is 123 Å². The van der Waals surface area contributed by atoms with Crippen LogP contribution in [-0.4, -0.2) is 63.6 Å². The lowest BCUT2D eigenvalue weighted by Crippen LogP contribution is -2.66. The van der Waals surface area contributed by atoms with Crippen molar-refractivity contribution in [3.8, 4) is 0 Å². The molecular weight excluding hydrogens is 536 g/mol. The fourth-order valence-electron chi connectivity index (χ4n) is 11.1. The van der Waals surface area contributed by atoms with Crippen LogP contribution in [-0.2, 0) is 23.8 Å². The summed E-state index contributed by atoms with van der Waals surface area (Å²) in [6.45, 7) is 17.6. The van der Waals surface area contributed by atoms with Crippen LogP contribution >= 0.6 is 0 Å². The smallest absolute Gasteiger partial charge is 0.302 e. The van der Waals surface area contributed by atoms with Crippen LogP contribution in [0.5, 0.6) is 0 Å². The summed E-state index contributed by atoms with van der Waals surface area (Å²) in [5, 5.41) is 32.3. The summed E-state index contributed by atoms with van der Waals surface area (Å²) in [6, 6.07) is 0. The predicted octanol–water partition coefficient (Wildman–Crippen LogP) is 4.92. The fraction of sp³-hybridized carbons (Fsp3) is 0.882. The molecule has 0 spiro atoms. The molecule has 12 atom stereocenters. The Balaban J connectivity index is 1.49. The van der Waals surface area contributed by atoms with Gasteiger partial charge in [0.1, 0.15) is 18.3 Å². The molecule has 3 saturated carbocycles. The number of esters is 2. The zero-order valence-corrected chi connectivity index (χ0v) is 27.1. The highest BCUT2D eigenvalue weighted by atomic mass is 16.6. The second-order valence-electron chi connectivity index (χ2n) is 16.2. The number of allylic oxidation sites excluding steroid dienone is 1. The van der Waals surface area contributed by atoms with Crippen molar-refractivity contribution in [1.82, 2.24) is 0 Å². The van der Waals surface area contributed by atoms with Gasteiger partial charge in [0.25, 0.3) is 0 Å². The Bertz CT molecular complexity index is 1120. The van der Waals surface area contributed by atoms with Gasteiger partial charge in [-0.05, 0) is 87.4 Å². The van der Waals surface area contributed by atoms with E-state index >= 15 is 0 Å². The molecule has 8 nitrogen and oxygen atoms in total. The first-order valence-electron chi connectivity index (χ1n) is 16.1. The SMILES string of the molecule is CC(=O)OC1CCC2(C)C(CC(OC(C)=O)C3(C)C4=CCC(C5CC(C(O)C(C)(C)O)OC5O)C4(C)CCC23)C1(C)C. The van der Waals surface area contributed by atoms with Crippen LogP contribution in [0, 0.1) is 45.3 Å². The van der Waals surface area contributed by atoms with Crippen LogP contribution in [0.1, 0.15) is 107 Å². The average molecular weight is 591 g/mol. The summed E-state index contributed by atoms with van der Waals surface area (Å²) in [7, 11) is 0. The van der Waals surface area contributed by atoms with Crippen LogP contribution < -0.4 is 0 Å². The molecule has 4 fully saturated rings. The second kappa shape index (κ2) is 10.3. The van der Waals surface area contributed by atoms with Crippen LogP contribution in [0.3, 0.4) is 0 Å². The maximum absolute atomic E-state index is 12.6. The number of fused-ring (bicyclic) bond motifs is 5.